The van der Waals surface area contributed by atoms with Gasteiger partial charge < -0.3 is 20.7 Å². The van der Waals surface area contributed by atoms with E-state index in [4.69, 9.17) is 33.7 Å². The Bertz CT molecular complexity index is 1070. The molecular formula is C23H25Cl2FN4O3. The van der Waals surface area contributed by atoms with Crippen LogP contribution in [0.25, 0.3) is 0 Å². The fraction of sp³-hybridized carbons (Fsp3) is 0.435. The largest absolute Gasteiger partial charge is 0.476 e. The van der Waals surface area contributed by atoms with Gasteiger partial charge in [0.15, 0.2) is 5.60 Å². The average molecular weight is 495 g/mol. The molecule has 0 radical (unpaired) electrons. The van der Waals surface area contributed by atoms with Gasteiger partial charge in [0.1, 0.15) is 17.4 Å². The van der Waals surface area contributed by atoms with Crippen LogP contribution >= 0.6 is 23.2 Å². The molecule has 0 spiro atoms. The number of primary amides is 1. The lowest BCUT2D eigenvalue weighted by molar-refractivity contribution is -0.135. The zero-order chi connectivity index (χ0) is 23.9. The molecule has 2 saturated heterocycles. The van der Waals surface area contributed by atoms with Crippen molar-refractivity contribution in [3.05, 3.63) is 51.9 Å². The number of benzene rings is 1. The minimum atomic E-state index is -1.27. The van der Waals surface area contributed by atoms with E-state index in [9.17, 15) is 14.0 Å². The topological polar surface area (TPSA) is 97.5 Å². The van der Waals surface area contributed by atoms with Crippen molar-refractivity contribution in [2.75, 3.05) is 4.90 Å². The van der Waals surface area contributed by atoms with Crippen LogP contribution in [0.4, 0.5) is 10.2 Å². The van der Waals surface area contributed by atoms with Crippen LogP contribution in [-0.4, -0.2) is 40.5 Å². The molecule has 0 aliphatic carbocycles. The van der Waals surface area contributed by atoms with Crippen LogP contribution in [0.5, 0.6) is 5.75 Å². The Morgan fingerprint density at radius 2 is 1.85 bits per heavy atom. The van der Waals surface area contributed by atoms with Crippen LogP contribution in [0, 0.1) is 5.82 Å². The molecular weight excluding hydrogens is 470 g/mol. The normalized spacial score (nSPS) is 22.2. The Labute approximate surface area is 201 Å². The zero-order valence-electron chi connectivity index (χ0n) is 18.3. The smallest absolute Gasteiger partial charge is 0.263 e. The van der Waals surface area contributed by atoms with E-state index in [1.807, 2.05) is 6.07 Å². The molecule has 10 heteroatoms. The fourth-order valence-electron chi connectivity index (χ4n) is 4.62. The highest BCUT2D eigenvalue weighted by molar-refractivity contribution is 6.35. The number of halogens is 3. The molecule has 3 atom stereocenters. The predicted octanol–water partition coefficient (Wildman–Crippen LogP) is 4.10. The Morgan fingerprint density at radius 1 is 1.18 bits per heavy atom. The number of piperidine rings is 1. The van der Waals surface area contributed by atoms with Gasteiger partial charge in [-0.1, -0.05) is 23.2 Å². The summed E-state index contributed by atoms with van der Waals surface area (Å²) in [6.07, 6.45) is 5.00. The molecule has 176 valence electrons. The van der Waals surface area contributed by atoms with Crippen LogP contribution in [0.2, 0.25) is 10.0 Å². The van der Waals surface area contributed by atoms with Gasteiger partial charge in [-0.2, -0.15) is 0 Å². The monoisotopic (exact) mass is 494 g/mol. The quantitative estimate of drug-likeness (QED) is 0.589. The van der Waals surface area contributed by atoms with E-state index in [1.54, 1.807) is 19.9 Å². The number of pyridine rings is 1. The van der Waals surface area contributed by atoms with Crippen molar-refractivity contribution in [1.82, 2.24) is 10.3 Å². The van der Waals surface area contributed by atoms with Crippen molar-refractivity contribution in [2.45, 2.75) is 63.3 Å². The van der Waals surface area contributed by atoms with Crippen molar-refractivity contribution in [2.24, 2.45) is 5.73 Å². The first-order chi connectivity index (χ1) is 15.5. The van der Waals surface area contributed by atoms with Gasteiger partial charge in [0.2, 0.25) is 5.91 Å². The van der Waals surface area contributed by atoms with Crippen LogP contribution in [0.1, 0.15) is 49.9 Å². The van der Waals surface area contributed by atoms with Gasteiger partial charge in [0, 0.05) is 30.4 Å². The number of aromatic nitrogens is 1. The van der Waals surface area contributed by atoms with Crippen molar-refractivity contribution in [3.63, 3.8) is 0 Å². The molecule has 4 rings (SSSR count). The number of hydrogen-bond acceptors (Lipinski definition) is 5. The molecule has 1 aromatic heterocycles. The maximum atomic E-state index is 13.8. The van der Waals surface area contributed by atoms with Crippen LogP contribution in [0.15, 0.2) is 30.5 Å². The number of nitrogens with zero attached hydrogens (tertiary/aromatic N) is 2. The molecule has 2 fully saturated rings. The van der Waals surface area contributed by atoms with E-state index in [0.717, 1.165) is 37.6 Å². The molecule has 2 aromatic rings. The number of carbonyl (C=O) groups is 2. The summed E-state index contributed by atoms with van der Waals surface area (Å²) in [4.78, 5) is 31.0. The molecule has 2 amide bonds. The number of anilines is 1. The average Bonchev–Trinajstić information content (AvgIpc) is 3.02. The highest BCUT2D eigenvalue weighted by Crippen LogP contribution is 2.39. The molecule has 2 aliphatic heterocycles. The van der Waals surface area contributed by atoms with Gasteiger partial charge in [-0.15, -0.1) is 0 Å². The molecule has 1 unspecified atom stereocenters. The summed E-state index contributed by atoms with van der Waals surface area (Å²) >= 11 is 11.8. The molecule has 3 N–H and O–H groups in total. The summed E-state index contributed by atoms with van der Waals surface area (Å²) in [5, 5.41) is 3.10. The first-order valence-corrected chi connectivity index (χ1v) is 11.5. The molecule has 2 bridgehead atoms. The highest BCUT2D eigenvalue weighted by Gasteiger charge is 2.43. The minimum absolute atomic E-state index is 0.0311. The lowest BCUT2D eigenvalue weighted by Crippen LogP contribution is -2.55. The van der Waals surface area contributed by atoms with E-state index >= 15 is 0 Å². The number of amides is 2. The first-order valence-electron chi connectivity index (χ1n) is 10.7. The number of carbonyl (C=O) groups excluding carboxylic acids is 2. The predicted molar refractivity (Wildman–Crippen MR) is 124 cm³/mol. The van der Waals surface area contributed by atoms with E-state index in [2.05, 4.69) is 15.2 Å². The van der Waals surface area contributed by atoms with Crippen LogP contribution in [0.3, 0.4) is 0 Å². The maximum Gasteiger partial charge on any atom is 0.263 e. The highest BCUT2D eigenvalue weighted by atomic mass is 35.5. The van der Waals surface area contributed by atoms with E-state index < -0.39 is 17.3 Å². The third-order valence-electron chi connectivity index (χ3n) is 6.25. The van der Waals surface area contributed by atoms with Crippen molar-refractivity contribution in [3.8, 4) is 5.75 Å². The van der Waals surface area contributed by atoms with Gasteiger partial charge in [-0.05, 0) is 57.7 Å². The van der Waals surface area contributed by atoms with Gasteiger partial charge in [-0.25, -0.2) is 9.37 Å². The number of fused-ring (bicyclic) bond motifs is 2. The molecule has 0 saturated carbocycles. The summed E-state index contributed by atoms with van der Waals surface area (Å²) in [6, 6.07) is 6.25. The Balaban J connectivity index is 1.41. The van der Waals surface area contributed by atoms with Gasteiger partial charge >= 0.3 is 0 Å². The van der Waals surface area contributed by atoms with Crippen molar-refractivity contribution in [1.29, 1.82) is 0 Å². The van der Waals surface area contributed by atoms with Crippen molar-refractivity contribution < 1.29 is 18.7 Å². The minimum Gasteiger partial charge on any atom is -0.476 e. The standard InChI is InChI=1S/C23H25Cl2FN4O3/c1-23(2,33-19-10-18(26)16(24)9-17(19)25)22(32)29-13-7-14-4-5-15(8-13)30(14)20-6-3-12(11-28-20)21(27)31/h3,6,9-11,13-15H,4-5,7-8H2,1-2H3,(H2,27,31)(H,29,32)/t13?,14-,15+. The number of rotatable bonds is 6. The lowest BCUT2D eigenvalue weighted by Gasteiger charge is -2.40. The van der Waals surface area contributed by atoms with E-state index in [0.29, 0.717) is 5.56 Å². The summed E-state index contributed by atoms with van der Waals surface area (Å²) in [6.45, 7) is 3.22. The molecule has 2 aliphatic rings. The third-order valence-corrected chi connectivity index (χ3v) is 6.84. The number of nitrogens with one attached hydrogen (secondary N) is 1. The molecule has 7 nitrogen and oxygen atoms in total. The second-order valence-corrected chi connectivity index (χ2v) is 9.83. The van der Waals surface area contributed by atoms with Crippen LogP contribution < -0.4 is 20.7 Å². The van der Waals surface area contributed by atoms with E-state index in [1.165, 1.54) is 12.3 Å². The molecule has 3 heterocycles. The molecule has 1 aromatic carbocycles. The van der Waals surface area contributed by atoms with Crippen LogP contribution in [-0.2, 0) is 4.79 Å². The Hall–Kier alpha value is -2.58. The van der Waals surface area contributed by atoms with Gasteiger partial charge in [0.05, 0.1) is 15.6 Å². The number of hydrogen-bond donors (Lipinski definition) is 2. The molecule has 33 heavy (non-hydrogen) atoms. The van der Waals surface area contributed by atoms with Gasteiger partial charge in [-0.3, -0.25) is 9.59 Å². The fourth-order valence-corrected chi connectivity index (χ4v) is 5.04. The summed E-state index contributed by atoms with van der Waals surface area (Å²) in [5.41, 5.74) is 4.40. The van der Waals surface area contributed by atoms with Crippen molar-refractivity contribution >= 4 is 40.8 Å². The SMILES string of the molecule is CC(C)(Oc1cc(F)c(Cl)cc1Cl)C(=O)NC1C[C@H]2CC[C@@H](C1)N2c1ccc(C(N)=O)cn1. The first kappa shape index (κ1) is 23.6. The third kappa shape index (κ3) is 4.87. The maximum absolute atomic E-state index is 13.8. The van der Waals surface area contributed by atoms with E-state index in [-0.39, 0.29) is 39.8 Å². The summed E-state index contributed by atoms with van der Waals surface area (Å²) in [7, 11) is 0. The second-order valence-electron chi connectivity index (χ2n) is 9.01. The Morgan fingerprint density at radius 3 is 2.42 bits per heavy atom. The lowest BCUT2D eigenvalue weighted by atomic mass is 9.96. The number of nitrogens with two attached hydrogens (primary N) is 1. The number of ether oxygens (including phenoxy) is 1. The summed E-state index contributed by atoms with van der Waals surface area (Å²) in [5.74, 6) is -0.630. The zero-order valence-corrected chi connectivity index (χ0v) is 19.8. The summed E-state index contributed by atoms with van der Waals surface area (Å²) < 4.78 is 19.6. The van der Waals surface area contributed by atoms with Gasteiger partial charge in [0.25, 0.3) is 5.91 Å². The Kier molecular flexibility index (Phi) is 6.42. The second kappa shape index (κ2) is 8.99.